The fourth-order valence-electron chi connectivity index (χ4n) is 2.83. The predicted octanol–water partition coefficient (Wildman–Crippen LogP) is 0.552. The van der Waals surface area contributed by atoms with Gasteiger partial charge in [0, 0.05) is 38.8 Å². The molecule has 0 bridgehead atoms. The maximum atomic E-state index is 10.0. The summed E-state index contributed by atoms with van der Waals surface area (Å²) in [5, 5.41) is 10.0. The van der Waals surface area contributed by atoms with Crippen molar-refractivity contribution in [1.82, 2.24) is 9.80 Å². The number of aliphatic hydroxyl groups is 1. The highest BCUT2D eigenvalue weighted by Crippen LogP contribution is 2.17. The lowest BCUT2D eigenvalue weighted by molar-refractivity contribution is -0.0737. The van der Waals surface area contributed by atoms with Crippen LogP contribution < -0.4 is 0 Å². The molecule has 2 saturated heterocycles. The van der Waals surface area contributed by atoms with Crippen molar-refractivity contribution < 1.29 is 9.84 Å². The Balaban J connectivity index is 1.81. The molecule has 0 amide bonds. The average molecular weight is 242 g/mol. The molecule has 0 saturated carbocycles. The Hall–Kier alpha value is -0.160. The molecule has 2 heterocycles. The molecule has 2 fully saturated rings. The summed E-state index contributed by atoms with van der Waals surface area (Å²) >= 11 is 0. The van der Waals surface area contributed by atoms with E-state index in [-0.39, 0.29) is 12.1 Å². The van der Waals surface area contributed by atoms with Crippen LogP contribution in [0.3, 0.4) is 0 Å². The van der Waals surface area contributed by atoms with Gasteiger partial charge in [0.2, 0.25) is 0 Å². The summed E-state index contributed by atoms with van der Waals surface area (Å²) in [5.41, 5.74) is 0. The van der Waals surface area contributed by atoms with E-state index in [1.165, 1.54) is 6.42 Å². The normalized spacial score (nSPS) is 34.8. The van der Waals surface area contributed by atoms with Crippen LogP contribution in [0.4, 0.5) is 0 Å². The minimum atomic E-state index is -0.195. The van der Waals surface area contributed by atoms with E-state index < -0.39 is 0 Å². The van der Waals surface area contributed by atoms with Crippen molar-refractivity contribution in [3.8, 4) is 0 Å². The number of rotatable bonds is 3. The summed E-state index contributed by atoms with van der Waals surface area (Å²) in [6.45, 7) is 10.3. The molecule has 0 radical (unpaired) electrons. The Morgan fingerprint density at radius 1 is 1.29 bits per heavy atom. The van der Waals surface area contributed by atoms with Gasteiger partial charge in [-0.1, -0.05) is 6.92 Å². The first-order valence-corrected chi connectivity index (χ1v) is 6.96. The quantitative estimate of drug-likeness (QED) is 0.784. The minimum Gasteiger partial charge on any atom is -0.391 e. The Morgan fingerprint density at radius 2 is 2.00 bits per heavy atom. The van der Waals surface area contributed by atoms with Crippen LogP contribution in [0.1, 0.15) is 26.7 Å². The van der Waals surface area contributed by atoms with Crippen LogP contribution in [0.15, 0.2) is 0 Å². The topological polar surface area (TPSA) is 35.9 Å². The highest BCUT2D eigenvalue weighted by atomic mass is 16.5. The molecule has 100 valence electrons. The van der Waals surface area contributed by atoms with Gasteiger partial charge in [-0.05, 0) is 19.8 Å². The molecule has 1 N–H and O–H groups in total. The first kappa shape index (κ1) is 13.3. The summed E-state index contributed by atoms with van der Waals surface area (Å²) in [5.74, 6) is 0. The summed E-state index contributed by atoms with van der Waals surface area (Å²) in [6, 6.07) is 0.910. The van der Waals surface area contributed by atoms with Gasteiger partial charge in [0.1, 0.15) is 0 Å². The van der Waals surface area contributed by atoms with E-state index >= 15 is 0 Å². The Kier molecular flexibility index (Phi) is 4.79. The van der Waals surface area contributed by atoms with Crippen LogP contribution in [0.2, 0.25) is 0 Å². The van der Waals surface area contributed by atoms with E-state index in [2.05, 4.69) is 23.6 Å². The maximum absolute atomic E-state index is 10.0. The third kappa shape index (κ3) is 3.19. The van der Waals surface area contributed by atoms with E-state index in [9.17, 15) is 5.11 Å². The molecule has 4 nitrogen and oxygen atoms in total. The molecule has 0 aliphatic carbocycles. The van der Waals surface area contributed by atoms with Crippen LogP contribution in [0, 0.1) is 0 Å². The number of ether oxygens (including phenoxy) is 1. The second-order valence-electron chi connectivity index (χ2n) is 5.33. The highest BCUT2D eigenvalue weighted by Gasteiger charge is 2.32. The molecule has 2 rings (SSSR count). The molecule has 3 unspecified atom stereocenters. The molecule has 2 aliphatic rings. The fraction of sp³-hybridized carbons (Fsp3) is 1.00. The van der Waals surface area contributed by atoms with Crippen molar-refractivity contribution >= 4 is 0 Å². The van der Waals surface area contributed by atoms with Gasteiger partial charge in [0.25, 0.3) is 0 Å². The average Bonchev–Trinajstić information content (AvgIpc) is 2.39. The van der Waals surface area contributed by atoms with Crippen LogP contribution in [-0.4, -0.2) is 72.5 Å². The Labute approximate surface area is 105 Å². The predicted molar refractivity (Wildman–Crippen MR) is 68.1 cm³/mol. The van der Waals surface area contributed by atoms with Gasteiger partial charge in [-0.15, -0.1) is 0 Å². The minimum absolute atomic E-state index is 0.195. The van der Waals surface area contributed by atoms with Gasteiger partial charge in [0.15, 0.2) is 0 Å². The maximum Gasteiger partial charge on any atom is 0.0739 e. The van der Waals surface area contributed by atoms with Crippen molar-refractivity contribution in [3.63, 3.8) is 0 Å². The summed E-state index contributed by atoms with van der Waals surface area (Å²) < 4.78 is 5.49. The molecule has 0 aromatic carbocycles. The summed E-state index contributed by atoms with van der Waals surface area (Å²) in [6.07, 6.45) is 1.81. The van der Waals surface area contributed by atoms with E-state index in [1.807, 2.05) is 0 Å². The lowest BCUT2D eigenvalue weighted by Gasteiger charge is -2.43. The van der Waals surface area contributed by atoms with E-state index in [1.54, 1.807) is 0 Å². The van der Waals surface area contributed by atoms with Crippen LogP contribution in [0.25, 0.3) is 0 Å². The Morgan fingerprint density at radius 3 is 2.59 bits per heavy atom. The summed E-state index contributed by atoms with van der Waals surface area (Å²) in [4.78, 5) is 4.95. The van der Waals surface area contributed by atoms with Crippen molar-refractivity contribution in [1.29, 1.82) is 0 Å². The van der Waals surface area contributed by atoms with Gasteiger partial charge in [-0.25, -0.2) is 0 Å². The standard InChI is InChI=1S/C13H26N2O2/c1-3-11(2)14-5-7-15(8-6-14)12-10-17-9-4-13(12)16/h11-13,16H,3-10H2,1-2H3. The largest absolute Gasteiger partial charge is 0.391 e. The smallest absolute Gasteiger partial charge is 0.0739 e. The zero-order valence-corrected chi connectivity index (χ0v) is 11.1. The van der Waals surface area contributed by atoms with Crippen LogP contribution in [0.5, 0.6) is 0 Å². The molecule has 4 heteroatoms. The number of piperazine rings is 1. The molecule has 17 heavy (non-hydrogen) atoms. The van der Waals surface area contributed by atoms with E-state index in [0.717, 1.165) is 32.6 Å². The van der Waals surface area contributed by atoms with Gasteiger partial charge in [-0.3, -0.25) is 9.80 Å². The number of aliphatic hydroxyl groups excluding tert-OH is 1. The zero-order valence-electron chi connectivity index (χ0n) is 11.1. The van der Waals surface area contributed by atoms with Crippen molar-refractivity contribution in [2.45, 2.75) is 44.9 Å². The van der Waals surface area contributed by atoms with Crippen molar-refractivity contribution in [3.05, 3.63) is 0 Å². The monoisotopic (exact) mass is 242 g/mol. The lowest BCUT2D eigenvalue weighted by Crippen LogP contribution is -2.57. The van der Waals surface area contributed by atoms with Gasteiger partial charge >= 0.3 is 0 Å². The second kappa shape index (κ2) is 6.14. The second-order valence-corrected chi connectivity index (χ2v) is 5.33. The molecule has 2 aliphatic heterocycles. The number of hydrogen-bond donors (Lipinski definition) is 1. The van der Waals surface area contributed by atoms with Crippen molar-refractivity contribution in [2.75, 3.05) is 39.4 Å². The molecular weight excluding hydrogens is 216 g/mol. The van der Waals surface area contributed by atoms with Crippen LogP contribution in [-0.2, 0) is 4.74 Å². The molecule has 0 aromatic heterocycles. The van der Waals surface area contributed by atoms with Gasteiger partial charge in [-0.2, -0.15) is 0 Å². The molecular formula is C13H26N2O2. The zero-order chi connectivity index (χ0) is 12.3. The van der Waals surface area contributed by atoms with Gasteiger partial charge in [0.05, 0.1) is 18.8 Å². The van der Waals surface area contributed by atoms with Crippen molar-refractivity contribution in [2.24, 2.45) is 0 Å². The SMILES string of the molecule is CCC(C)N1CCN(C2COCCC2O)CC1. The third-order valence-electron chi connectivity index (χ3n) is 4.32. The third-order valence-corrected chi connectivity index (χ3v) is 4.32. The van der Waals surface area contributed by atoms with E-state index in [0.29, 0.717) is 19.3 Å². The first-order chi connectivity index (χ1) is 8.22. The molecule has 3 atom stereocenters. The number of nitrogens with zero attached hydrogens (tertiary/aromatic N) is 2. The van der Waals surface area contributed by atoms with E-state index in [4.69, 9.17) is 4.74 Å². The lowest BCUT2D eigenvalue weighted by atomic mass is 10.0. The molecule has 0 aromatic rings. The Bertz CT molecular complexity index is 229. The number of hydrogen-bond acceptors (Lipinski definition) is 4. The van der Waals surface area contributed by atoms with Gasteiger partial charge < -0.3 is 9.84 Å². The fourth-order valence-corrected chi connectivity index (χ4v) is 2.83. The first-order valence-electron chi connectivity index (χ1n) is 6.96. The van der Waals surface area contributed by atoms with Crippen LogP contribution >= 0.6 is 0 Å². The summed E-state index contributed by atoms with van der Waals surface area (Å²) in [7, 11) is 0. The molecule has 0 spiro atoms. The highest BCUT2D eigenvalue weighted by molar-refractivity contribution is 4.86.